The van der Waals surface area contributed by atoms with Gasteiger partial charge in [-0.2, -0.15) is 0 Å². The van der Waals surface area contributed by atoms with Crippen LogP contribution in [0.5, 0.6) is 0 Å². The van der Waals surface area contributed by atoms with Crippen LogP contribution in [0.2, 0.25) is 0 Å². The summed E-state index contributed by atoms with van der Waals surface area (Å²) in [6, 6.07) is 16.1. The van der Waals surface area contributed by atoms with Crippen LogP contribution in [0.15, 0.2) is 77.8 Å². The monoisotopic (exact) mass is 395 g/mol. The molecule has 8 heteroatoms. The maximum Gasteiger partial charge on any atom is 0.276 e. The highest BCUT2D eigenvalue weighted by Crippen LogP contribution is 2.34. The fraction of sp³-hybridized carbons (Fsp3) is 0.100. The summed E-state index contributed by atoms with van der Waals surface area (Å²) in [6.45, 7) is 0. The average Bonchev–Trinajstić information content (AvgIpc) is 3.17. The SMILES string of the molecule is O=C([O-])C(Cc1ccccc1)N1C(=O)c2cccn2S(=O)(=O)c2ccccc21. The molecule has 1 aliphatic heterocycles. The lowest BCUT2D eigenvalue weighted by Crippen LogP contribution is -2.52. The number of nitrogens with zero attached hydrogens (tertiary/aromatic N) is 2. The van der Waals surface area contributed by atoms with Gasteiger partial charge in [-0.15, -0.1) is 0 Å². The van der Waals surface area contributed by atoms with Gasteiger partial charge in [0.05, 0.1) is 17.7 Å². The van der Waals surface area contributed by atoms with Crippen molar-refractivity contribution in [1.82, 2.24) is 3.97 Å². The summed E-state index contributed by atoms with van der Waals surface area (Å²) < 4.78 is 27.0. The van der Waals surface area contributed by atoms with Crippen molar-refractivity contribution in [1.29, 1.82) is 0 Å². The standard InChI is InChI=1S/C20H16N2O5S/c23-19-16-10-6-12-21(16)28(26,27)18-11-5-4-9-15(18)22(19)17(20(24)25)13-14-7-2-1-3-8-14/h1-12,17H,13H2,(H,24,25)/p-1. The zero-order chi connectivity index (χ0) is 19.9. The van der Waals surface area contributed by atoms with E-state index in [1.807, 2.05) is 0 Å². The number of anilines is 1. The smallest absolute Gasteiger partial charge is 0.276 e. The minimum Gasteiger partial charge on any atom is -0.548 e. The first-order valence-corrected chi connectivity index (χ1v) is 9.95. The number of carboxylic acid groups (broad SMARTS) is 1. The topological polar surface area (TPSA) is 99.5 Å². The van der Waals surface area contributed by atoms with Gasteiger partial charge in [-0.3, -0.25) is 9.69 Å². The summed E-state index contributed by atoms with van der Waals surface area (Å²) >= 11 is 0. The first kappa shape index (κ1) is 18.0. The van der Waals surface area contributed by atoms with Crippen LogP contribution in [-0.2, 0) is 21.2 Å². The van der Waals surface area contributed by atoms with Crippen molar-refractivity contribution in [2.45, 2.75) is 17.4 Å². The van der Waals surface area contributed by atoms with Gasteiger partial charge in [0, 0.05) is 6.20 Å². The lowest BCUT2D eigenvalue weighted by atomic mass is 10.0. The fourth-order valence-electron chi connectivity index (χ4n) is 3.38. The van der Waals surface area contributed by atoms with Crippen LogP contribution in [0.3, 0.4) is 0 Å². The number of amides is 1. The van der Waals surface area contributed by atoms with E-state index in [1.54, 1.807) is 36.4 Å². The number of carboxylic acids is 1. The Labute approximate surface area is 161 Å². The molecular weight excluding hydrogens is 380 g/mol. The number of benzene rings is 2. The Balaban J connectivity index is 1.94. The number of para-hydroxylation sites is 1. The number of aliphatic carboxylic acids is 1. The molecule has 0 saturated carbocycles. The van der Waals surface area contributed by atoms with E-state index in [1.165, 1.54) is 36.5 Å². The Bertz CT molecular complexity index is 1170. The number of hydrogen-bond donors (Lipinski definition) is 0. The van der Waals surface area contributed by atoms with Crippen LogP contribution in [0.1, 0.15) is 16.1 Å². The van der Waals surface area contributed by atoms with Gasteiger partial charge in [-0.05, 0) is 36.2 Å². The Morgan fingerprint density at radius 2 is 1.64 bits per heavy atom. The normalized spacial score (nSPS) is 16.0. The van der Waals surface area contributed by atoms with Crippen molar-refractivity contribution in [3.63, 3.8) is 0 Å². The summed E-state index contributed by atoms with van der Waals surface area (Å²) in [5, 5.41) is 12.0. The molecule has 1 unspecified atom stereocenters. The molecular formula is C20H15N2O5S-. The zero-order valence-electron chi connectivity index (χ0n) is 14.6. The third kappa shape index (κ3) is 2.78. The van der Waals surface area contributed by atoms with E-state index in [0.29, 0.717) is 5.56 Å². The van der Waals surface area contributed by atoms with Crippen LogP contribution in [0, 0.1) is 0 Å². The number of carbonyl (C=O) groups excluding carboxylic acids is 2. The predicted molar refractivity (Wildman–Crippen MR) is 99.2 cm³/mol. The second-order valence-corrected chi connectivity index (χ2v) is 8.15. The van der Waals surface area contributed by atoms with E-state index in [0.717, 1.165) is 8.87 Å². The fourth-order valence-corrected chi connectivity index (χ4v) is 4.90. The molecule has 0 spiro atoms. The molecule has 1 amide bonds. The van der Waals surface area contributed by atoms with Crippen molar-refractivity contribution >= 4 is 27.6 Å². The molecule has 0 saturated heterocycles. The van der Waals surface area contributed by atoms with Crippen molar-refractivity contribution in [2.75, 3.05) is 4.90 Å². The molecule has 3 aromatic rings. The Kier molecular flexibility index (Phi) is 4.27. The largest absolute Gasteiger partial charge is 0.548 e. The van der Waals surface area contributed by atoms with Gasteiger partial charge in [-0.25, -0.2) is 12.4 Å². The van der Waals surface area contributed by atoms with Gasteiger partial charge in [0.2, 0.25) is 0 Å². The molecule has 0 aliphatic carbocycles. The number of rotatable bonds is 4. The molecule has 28 heavy (non-hydrogen) atoms. The van der Waals surface area contributed by atoms with Gasteiger partial charge < -0.3 is 9.90 Å². The van der Waals surface area contributed by atoms with Crippen LogP contribution < -0.4 is 10.0 Å². The first-order chi connectivity index (χ1) is 13.4. The molecule has 1 atom stereocenters. The Morgan fingerprint density at radius 3 is 2.36 bits per heavy atom. The van der Waals surface area contributed by atoms with E-state index in [2.05, 4.69) is 0 Å². The van der Waals surface area contributed by atoms with Crippen molar-refractivity contribution < 1.29 is 23.1 Å². The quantitative estimate of drug-likeness (QED) is 0.657. The predicted octanol–water partition coefficient (Wildman–Crippen LogP) is 1.05. The average molecular weight is 395 g/mol. The molecule has 7 nitrogen and oxygen atoms in total. The van der Waals surface area contributed by atoms with Crippen molar-refractivity contribution in [2.24, 2.45) is 0 Å². The molecule has 4 rings (SSSR count). The Morgan fingerprint density at radius 1 is 0.964 bits per heavy atom. The third-order valence-corrected chi connectivity index (χ3v) is 6.41. The zero-order valence-corrected chi connectivity index (χ0v) is 15.4. The summed E-state index contributed by atoms with van der Waals surface area (Å²) in [5.41, 5.74) is 0.571. The minimum absolute atomic E-state index is 0.0151. The van der Waals surface area contributed by atoms with Crippen molar-refractivity contribution in [3.05, 3.63) is 84.2 Å². The molecule has 0 N–H and O–H groups in total. The number of fused-ring (bicyclic) bond motifs is 2. The van der Waals surface area contributed by atoms with Crippen LogP contribution >= 0.6 is 0 Å². The van der Waals surface area contributed by atoms with Gasteiger partial charge in [0.1, 0.15) is 10.6 Å². The summed E-state index contributed by atoms with van der Waals surface area (Å²) in [6.07, 6.45) is 1.25. The van der Waals surface area contributed by atoms with E-state index in [4.69, 9.17) is 0 Å². The van der Waals surface area contributed by atoms with Gasteiger partial charge >= 0.3 is 0 Å². The molecule has 2 heterocycles. The van der Waals surface area contributed by atoms with Crippen LogP contribution in [0.25, 0.3) is 0 Å². The summed E-state index contributed by atoms with van der Waals surface area (Å²) in [7, 11) is -4.05. The lowest BCUT2D eigenvalue weighted by molar-refractivity contribution is -0.307. The maximum absolute atomic E-state index is 13.2. The van der Waals surface area contributed by atoms with Gasteiger partial charge in [0.15, 0.2) is 0 Å². The molecule has 142 valence electrons. The number of carbonyl (C=O) groups is 2. The van der Waals surface area contributed by atoms with Gasteiger partial charge in [-0.1, -0.05) is 42.5 Å². The first-order valence-electron chi connectivity index (χ1n) is 8.51. The molecule has 1 aliphatic rings. The highest BCUT2D eigenvalue weighted by molar-refractivity contribution is 7.90. The van der Waals surface area contributed by atoms with Gasteiger partial charge in [0.25, 0.3) is 15.9 Å². The van der Waals surface area contributed by atoms with Crippen LogP contribution in [0.4, 0.5) is 5.69 Å². The molecule has 1 aromatic heterocycles. The van der Waals surface area contributed by atoms with Crippen molar-refractivity contribution in [3.8, 4) is 0 Å². The lowest BCUT2D eigenvalue weighted by Gasteiger charge is -2.32. The summed E-state index contributed by atoms with van der Waals surface area (Å²) in [4.78, 5) is 26.1. The maximum atomic E-state index is 13.2. The second-order valence-electron chi connectivity index (χ2n) is 6.36. The number of aromatic nitrogens is 1. The van der Waals surface area contributed by atoms with E-state index in [9.17, 15) is 23.1 Å². The van der Waals surface area contributed by atoms with E-state index >= 15 is 0 Å². The molecule has 0 fully saturated rings. The minimum atomic E-state index is -4.05. The highest BCUT2D eigenvalue weighted by atomic mass is 32.2. The van der Waals surface area contributed by atoms with E-state index < -0.39 is 27.9 Å². The second kappa shape index (κ2) is 6.65. The Hall–Kier alpha value is -3.39. The molecule has 2 aromatic carbocycles. The highest BCUT2D eigenvalue weighted by Gasteiger charge is 2.38. The van der Waals surface area contributed by atoms with E-state index in [-0.39, 0.29) is 22.7 Å². The molecule has 0 radical (unpaired) electrons. The summed E-state index contributed by atoms with van der Waals surface area (Å²) in [5.74, 6) is -2.19. The third-order valence-electron chi connectivity index (χ3n) is 4.67. The van der Waals surface area contributed by atoms with Crippen LogP contribution in [-0.4, -0.2) is 30.3 Å². The number of hydrogen-bond acceptors (Lipinski definition) is 5. The molecule has 0 bridgehead atoms.